The summed E-state index contributed by atoms with van der Waals surface area (Å²) in [6, 6.07) is 0.662. The highest BCUT2D eigenvalue weighted by atomic mass is 127. The second kappa shape index (κ2) is 11.9. The van der Waals surface area contributed by atoms with Crippen molar-refractivity contribution in [3.05, 3.63) is 0 Å². The largest absolute Gasteiger partial charge is 0.511 e. The zero-order valence-electron chi connectivity index (χ0n) is 17.0. The molecule has 29 heavy (non-hydrogen) atoms. The van der Waals surface area contributed by atoms with Gasteiger partial charge in [0.1, 0.15) is 0 Å². The van der Waals surface area contributed by atoms with Gasteiger partial charge < -0.3 is 15.5 Å². The van der Waals surface area contributed by atoms with Crippen molar-refractivity contribution in [2.24, 2.45) is 10.9 Å². The molecule has 2 N–H and O–H groups in total. The minimum Gasteiger partial charge on any atom is -0.356 e. The lowest BCUT2D eigenvalue weighted by molar-refractivity contribution is -0.0496. The minimum absolute atomic E-state index is 0. The van der Waals surface area contributed by atoms with Crippen LogP contribution in [0.1, 0.15) is 38.5 Å². The number of guanidine groups is 1. The van der Waals surface area contributed by atoms with Gasteiger partial charge in [0.25, 0.3) is 0 Å². The fourth-order valence-electron chi connectivity index (χ4n) is 3.84. The third-order valence-electron chi connectivity index (χ3n) is 5.69. The van der Waals surface area contributed by atoms with E-state index in [0.29, 0.717) is 35.7 Å². The first-order valence-electron chi connectivity index (χ1n) is 9.86. The van der Waals surface area contributed by atoms with Crippen molar-refractivity contribution in [1.82, 2.24) is 19.8 Å². The number of hydrogen-bond donors (Lipinski definition) is 2. The highest BCUT2D eigenvalue weighted by Gasteiger charge is 2.50. The maximum absolute atomic E-state index is 12.6. The average molecular weight is 555 g/mol. The zero-order chi connectivity index (χ0) is 20.8. The predicted molar refractivity (Wildman–Crippen MR) is 119 cm³/mol. The van der Waals surface area contributed by atoms with Crippen LogP contribution in [0.2, 0.25) is 0 Å². The second-order valence-electron chi connectivity index (χ2n) is 7.59. The van der Waals surface area contributed by atoms with Crippen molar-refractivity contribution in [2.45, 2.75) is 50.1 Å². The summed E-state index contributed by atoms with van der Waals surface area (Å²) in [7, 11) is -1.40. The summed E-state index contributed by atoms with van der Waals surface area (Å²) in [5, 5.41) is 6.45. The lowest BCUT2D eigenvalue weighted by Gasteiger charge is -2.31. The highest BCUT2D eigenvalue weighted by Crippen LogP contribution is 2.30. The monoisotopic (exact) mass is 555 g/mol. The molecule has 1 aliphatic carbocycles. The molecule has 0 unspecified atom stereocenters. The Morgan fingerprint density at radius 1 is 1.14 bits per heavy atom. The molecule has 0 bridgehead atoms. The van der Waals surface area contributed by atoms with Crippen LogP contribution in [0.25, 0.3) is 0 Å². The first kappa shape index (κ1) is 26.7. The first-order valence-corrected chi connectivity index (χ1v) is 11.3. The number of nitrogens with zero attached hydrogens (tertiary/aromatic N) is 3. The molecule has 0 spiro atoms. The molecule has 7 nitrogen and oxygen atoms in total. The molecular formula is C17H33F3IN5O2S. The van der Waals surface area contributed by atoms with E-state index in [1.807, 2.05) is 0 Å². The first-order chi connectivity index (χ1) is 13.1. The fourth-order valence-corrected chi connectivity index (χ4v) is 4.82. The summed E-state index contributed by atoms with van der Waals surface area (Å²) in [5.74, 6) is 0.768. The molecule has 1 aliphatic heterocycles. The summed E-state index contributed by atoms with van der Waals surface area (Å²) in [6.07, 6.45) is 5.90. The molecule has 1 saturated carbocycles. The van der Waals surface area contributed by atoms with Crippen LogP contribution < -0.4 is 10.6 Å². The Kier molecular flexibility index (Phi) is 10.9. The molecule has 0 aromatic rings. The molecule has 0 atom stereocenters. The van der Waals surface area contributed by atoms with Crippen molar-refractivity contribution in [2.75, 3.05) is 46.8 Å². The average Bonchev–Trinajstić information content (AvgIpc) is 3.18. The molecule has 0 aromatic carbocycles. The molecule has 172 valence electrons. The van der Waals surface area contributed by atoms with Gasteiger partial charge in [0.05, 0.1) is 0 Å². The number of alkyl halides is 3. The third kappa shape index (κ3) is 7.69. The van der Waals surface area contributed by atoms with Gasteiger partial charge >= 0.3 is 15.5 Å². The number of halogens is 4. The lowest BCUT2D eigenvalue weighted by atomic mass is 9.98. The number of aliphatic imine (C=N–C) groups is 1. The Balaban J connectivity index is 0.00000420. The van der Waals surface area contributed by atoms with Crippen LogP contribution in [0.15, 0.2) is 4.99 Å². The van der Waals surface area contributed by atoms with Crippen molar-refractivity contribution in [3.63, 3.8) is 0 Å². The van der Waals surface area contributed by atoms with E-state index in [0.717, 1.165) is 13.1 Å². The third-order valence-corrected chi connectivity index (χ3v) is 7.32. The fraction of sp³-hybridized carbons (Fsp3) is 0.941. The standard InChI is InChI=1S/C17H32F3N5O2S.HI/c1-21-16(22-9-12-24(2)15-5-3-4-6-15)23-13-14-7-10-25(11-8-14)28(26,27)17(18,19)20;/h14-15H,3-13H2,1-2H3,(H2,21,22,23);1H. The summed E-state index contributed by atoms with van der Waals surface area (Å²) >= 11 is 0. The van der Waals surface area contributed by atoms with Crippen LogP contribution in [-0.2, 0) is 10.0 Å². The van der Waals surface area contributed by atoms with Crippen LogP contribution >= 0.6 is 24.0 Å². The smallest absolute Gasteiger partial charge is 0.356 e. The van der Waals surface area contributed by atoms with E-state index in [2.05, 4.69) is 27.6 Å². The normalized spacial score (nSPS) is 20.7. The molecule has 0 radical (unpaired) electrons. The van der Waals surface area contributed by atoms with E-state index >= 15 is 0 Å². The van der Waals surface area contributed by atoms with Gasteiger partial charge in [-0.3, -0.25) is 4.99 Å². The topological polar surface area (TPSA) is 77.0 Å². The van der Waals surface area contributed by atoms with Gasteiger partial charge in [0, 0.05) is 45.8 Å². The maximum atomic E-state index is 12.6. The Hall–Kier alpha value is -0.340. The molecule has 2 rings (SSSR count). The molecule has 1 heterocycles. The van der Waals surface area contributed by atoms with Crippen LogP contribution in [0, 0.1) is 5.92 Å². The number of rotatable bonds is 7. The van der Waals surface area contributed by atoms with Gasteiger partial charge in [0.2, 0.25) is 0 Å². The molecule has 12 heteroatoms. The van der Waals surface area contributed by atoms with Gasteiger partial charge in [-0.2, -0.15) is 17.5 Å². The van der Waals surface area contributed by atoms with E-state index in [-0.39, 0.29) is 43.0 Å². The van der Waals surface area contributed by atoms with E-state index < -0.39 is 15.5 Å². The molecule has 1 saturated heterocycles. The van der Waals surface area contributed by atoms with Gasteiger partial charge in [-0.25, -0.2) is 8.42 Å². The Morgan fingerprint density at radius 2 is 1.72 bits per heavy atom. The lowest BCUT2D eigenvalue weighted by Crippen LogP contribution is -2.47. The SMILES string of the molecule is CN=C(NCCN(C)C1CCCC1)NCC1CCN(S(=O)(=O)C(F)(F)F)CC1.I. The van der Waals surface area contributed by atoms with Gasteiger partial charge in [-0.05, 0) is 38.6 Å². The quantitative estimate of drug-likeness (QED) is 0.286. The van der Waals surface area contributed by atoms with Gasteiger partial charge in [0.15, 0.2) is 5.96 Å². The summed E-state index contributed by atoms with van der Waals surface area (Å²) in [4.78, 5) is 6.54. The zero-order valence-corrected chi connectivity index (χ0v) is 20.2. The van der Waals surface area contributed by atoms with Crippen molar-refractivity contribution >= 4 is 40.0 Å². The maximum Gasteiger partial charge on any atom is 0.511 e. The highest BCUT2D eigenvalue weighted by molar-refractivity contribution is 14.0. The van der Waals surface area contributed by atoms with Crippen LogP contribution in [0.3, 0.4) is 0 Å². The number of sulfonamides is 1. The molecule has 0 aromatic heterocycles. The van der Waals surface area contributed by atoms with Gasteiger partial charge in [-0.1, -0.05) is 12.8 Å². The van der Waals surface area contributed by atoms with Crippen LogP contribution in [0.5, 0.6) is 0 Å². The molecule has 2 aliphatic rings. The summed E-state index contributed by atoms with van der Waals surface area (Å²) in [6.45, 7) is 2.02. The van der Waals surface area contributed by atoms with E-state index in [4.69, 9.17) is 0 Å². The van der Waals surface area contributed by atoms with Crippen molar-refractivity contribution in [1.29, 1.82) is 0 Å². The van der Waals surface area contributed by atoms with Crippen LogP contribution in [0.4, 0.5) is 13.2 Å². The Bertz CT molecular complexity index is 619. The minimum atomic E-state index is -5.23. The predicted octanol–water partition coefficient (Wildman–Crippen LogP) is 2.21. The number of likely N-dealkylation sites (N-methyl/N-ethyl adjacent to an activating group) is 1. The molecular weight excluding hydrogens is 522 g/mol. The van der Waals surface area contributed by atoms with Crippen molar-refractivity contribution in [3.8, 4) is 0 Å². The number of hydrogen-bond acceptors (Lipinski definition) is 4. The second-order valence-corrected chi connectivity index (χ2v) is 9.52. The number of nitrogens with one attached hydrogen (secondary N) is 2. The molecule has 2 fully saturated rings. The number of piperidine rings is 1. The van der Waals surface area contributed by atoms with Crippen LogP contribution in [-0.4, -0.2) is 82.0 Å². The summed E-state index contributed by atoms with van der Waals surface area (Å²) < 4.78 is 61.3. The molecule has 0 amide bonds. The Labute approximate surface area is 188 Å². The van der Waals surface area contributed by atoms with E-state index in [1.54, 1.807) is 7.05 Å². The van der Waals surface area contributed by atoms with E-state index in [1.165, 1.54) is 25.7 Å². The van der Waals surface area contributed by atoms with Gasteiger partial charge in [-0.15, -0.1) is 24.0 Å². The summed E-state index contributed by atoms with van der Waals surface area (Å²) in [5.41, 5.74) is -5.23. The Morgan fingerprint density at radius 3 is 2.24 bits per heavy atom. The van der Waals surface area contributed by atoms with E-state index in [9.17, 15) is 21.6 Å². The van der Waals surface area contributed by atoms with Crippen molar-refractivity contribution < 1.29 is 21.6 Å².